The fourth-order valence-corrected chi connectivity index (χ4v) is 2.40. The van der Waals surface area contributed by atoms with E-state index in [2.05, 4.69) is 10.0 Å². The maximum absolute atomic E-state index is 11.9. The molecule has 0 aliphatic carbocycles. The number of halogens is 1. The Morgan fingerprint density at radius 3 is 2.21 bits per heavy atom. The van der Waals surface area contributed by atoms with Gasteiger partial charge in [-0.15, -0.1) is 12.4 Å². The van der Waals surface area contributed by atoms with E-state index in [0.29, 0.717) is 18.8 Å². The van der Waals surface area contributed by atoms with Crippen LogP contribution in [-0.4, -0.2) is 34.7 Å². The van der Waals surface area contributed by atoms with Crippen LogP contribution in [0.25, 0.3) is 0 Å². The van der Waals surface area contributed by atoms with Gasteiger partial charge in [0.15, 0.2) is 0 Å². The second kappa shape index (κ2) is 8.37. The Hall–Kier alpha value is -0.820. The molecule has 0 aliphatic heterocycles. The number of benzene rings is 1. The Morgan fingerprint density at radius 1 is 1.16 bits per heavy atom. The Kier molecular flexibility index (Phi) is 8.01. The van der Waals surface area contributed by atoms with Crippen LogP contribution in [0.5, 0.6) is 5.75 Å². The van der Waals surface area contributed by atoms with Crippen molar-refractivity contribution in [2.75, 3.05) is 20.1 Å². The van der Waals surface area contributed by atoms with E-state index in [1.807, 2.05) is 13.8 Å². The highest BCUT2D eigenvalue weighted by Crippen LogP contribution is 2.16. The quantitative estimate of drug-likeness (QED) is 0.747. The van der Waals surface area contributed by atoms with Crippen molar-refractivity contribution in [3.05, 3.63) is 24.3 Å². The average molecular weight is 309 g/mol. The van der Waals surface area contributed by atoms with Crippen molar-refractivity contribution in [3.8, 4) is 5.75 Å². The van der Waals surface area contributed by atoms with Gasteiger partial charge in [-0.25, -0.2) is 13.1 Å². The van der Waals surface area contributed by atoms with Crippen LogP contribution in [0.4, 0.5) is 0 Å². The van der Waals surface area contributed by atoms with Gasteiger partial charge in [-0.05, 0) is 45.2 Å². The maximum Gasteiger partial charge on any atom is 0.240 e. The predicted octanol–water partition coefficient (Wildman–Crippen LogP) is 1.39. The molecule has 110 valence electrons. The third kappa shape index (κ3) is 6.24. The van der Waals surface area contributed by atoms with Gasteiger partial charge in [-0.3, -0.25) is 0 Å². The van der Waals surface area contributed by atoms with Crippen LogP contribution in [0.3, 0.4) is 0 Å². The SMILES string of the molecule is CNCCNS(=O)(=O)c1ccc(OC(C)C)cc1.Cl. The first-order chi connectivity index (χ1) is 8.45. The zero-order chi connectivity index (χ0) is 13.6. The third-order valence-corrected chi connectivity index (χ3v) is 3.65. The molecule has 19 heavy (non-hydrogen) atoms. The predicted molar refractivity (Wildman–Crippen MR) is 78.6 cm³/mol. The average Bonchev–Trinajstić information content (AvgIpc) is 2.29. The lowest BCUT2D eigenvalue weighted by atomic mass is 10.3. The Morgan fingerprint density at radius 2 is 1.74 bits per heavy atom. The number of likely N-dealkylation sites (N-methyl/N-ethyl adjacent to an activating group) is 1. The lowest BCUT2D eigenvalue weighted by molar-refractivity contribution is 0.242. The second-order valence-corrected chi connectivity index (χ2v) is 5.91. The zero-order valence-corrected chi connectivity index (χ0v) is 13.0. The molecule has 1 rings (SSSR count). The highest BCUT2D eigenvalue weighted by molar-refractivity contribution is 7.89. The molecule has 0 amide bonds. The topological polar surface area (TPSA) is 67.4 Å². The van der Waals surface area contributed by atoms with E-state index in [4.69, 9.17) is 4.74 Å². The monoisotopic (exact) mass is 308 g/mol. The highest BCUT2D eigenvalue weighted by Gasteiger charge is 2.12. The molecule has 0 saturated heterocycles. The van der Waals surface area contributed by atoms with E-state index in [0.717, 1.165) is 0 Å². The number of sulfonamides is 1. The summed E-state index contributed by atoms with van der Waals surface area (Å²) in [4.78, 5) is 0.245. The Labute approximate surface area is 121 Å². The summed E-state index contributed by atoms with van der Waals surface area (Å²) in [6.45, 7) is 4.80. The molecule has 5 nitrogen and oxygen atoms in total. The van der Waals surface area contributed by atoms with Crippen molar-refractivity contribution in [2.24, 2.45) is 0 Å². The molecule has 7 heteroatoms. The third-order valence-electron chi connectivity index (χ3n) is 2.17. The summed E-state index contributed by atoms with van der Waals surface area (Å²) in [6, 6.07) is 6.40. The molecule has 2 N–H and O–H groups in total. The smallest absolute Gasteiger partial charge is 0.240 e. The summed E-state index contributed by atoms with van der Waals surface area (Å²) in [5.41, 5.74) is 0. The van der Waals surface area contributed by atoms with Crippen molar-refractivity contribution in [1.82, 2.24) is 10.0 Å². The van der Waals surface area contributed by atoms with Crippen molar-refractivity contribution in [2.45, 2.75) is 24.8 Å². The van der Waals surface area contributed by atoms with Crippen LogP contribution >= 0.6 is 12.4 Å². The lowest BCUT2D eigenvalue weighted by Gasteiger charge is -2.10. The number of rotatable bonds is 7. The first-order valence-electron chi connectivity index (χ1n) is 5.86. The second-order valence-electron chi connectivity index (χ2n) is 4.14. The minimum Gasteiger partial charge on any atom is -0.491 e. The fraction of sp³-hybridized carbons (Fsp3) is 0.500. The van der Waals surface area contributed by atoms with Gasteiger partial charge in [-0.2, -0.15) is 0 Å². The van der Waals surface area contributed by atoms with Gasteiger partial charge in [0.1, 0.15) is 5.75 Å². The molecule has 1 aromatic carbocycles. The normalized spacial score (nSPS) is 11.2. The first-order valence-corrected chi connectivity index (χ1v) is 7.35. The molecule has 0 aliphatic rings. The molecule has 0 spiro atoms. The molecule has 0 bridgehead atoms. The van der Waals surface area contributed by atoms with Crippen LogP contribution in [0.15, 0.2) is 29.2 Å². The van der Waals surface area contributed by atoms with Crippen molar-refractivity contribution < 1.29 is 13.2 Å². The van der Waals surface area contributed by atoms with Crippen molar-refractivity contribution >= 4 is 22.4 Å². The summed E-state index contributed by atoms with van der Waals surface area (Å²) in [5.74, 6) is 0.666. The van der Waals surface area contributed by atoms with Crippen molar-refractivity contribution in [3.63, 3.8) is 0 Å². The molecule has 0 unspecified atom stereocenters. The molecule has 0 fully saturated rings. The van der Waals surface area contributed by atoms with E-state index >= 15 is 0 Å². The molecule has 0 radical (unpaired) electrons. The Balaban J connectivity index is 0.00000324. The van der Waals surface area contributed by atoms with Crippen LogP contribution in [-0.2, 0) is 10.0 Å². The van der Waals surface area contributed by atoms with Crippen molar-refractivity contribution in [1.29, 1.82) is 0 Å². The number of ether oxygens (including phenoxy) is 1. The Bertz CT molecular complexity index is 460. The van der Waals surface area contributed by atoms with E-state index in [9.17, 15) is 8.42 Å². The van der Waals surface area contributed by atoms with Crippen LogP contribution < -0.4 is 14.8 Å². The lowest BCUT2D eigenvalue weighted by Crippen LogP contribution is -2.30. The highest BCUT2D eigenvalue weighted by atomic mass is 35.5. The van der Waals surface area contributed by atoms with E-state index < -0.39 is 10.0 Å². The summed E-state index contributed by atoms with van der Waals surface area (Å²) in [5, 5.41) is 2.88. The number of nitrogens with one attached hydrogen (secondary N) is 2. The van der Waals surface area contributed by atoms with E-state index in [-0.39, 0.29) is 23.4 Å². The molecule has 0 saturated carbocycles. The van der Waals surface area contributed by atoms with Crippen LogP contribution in [0, 0.1) is 0 Å². The molecular weight excluding hydrogens is 288 g/mol. The largest absolute Gasteiger partial charge is 0.491 e. The van der Waals surface area contributed by atoms with Gasteiger partial charge in [0, 0.05) is 13.1 Å². The number of hydrogen-bond acceptors (Lipinski definition) is 4. The minimum absolute atomic E-state index is 0. The summed E-state index contributed by atoms with van der Waals surface area (Å²) in [6.07, 6.45) is 0.0706. The summed E-state index contributed by atoms with van der Waals surface area (Å²) in [7, 11) is -1.65. The molecule has 0 heterocycles. The van der Waals surface area contributed by atoms with Gasteiger partial charge in [0.25, 0.3) is 0 Å². The van der Waals surface area contributed by atoms with Gasteiger partial charge in [0.05, 0.1) is 11.0 Å². The molecular formula is C12H21ClN2O3S. The molecule has 0 atom stereocenters. The van der Waals surface area contributed by atoms with Crippen LogP contribution in [0.1, 0.15) is 13.8 Å². The zero-order valence-electron chi connectivity index (χ0n) is 11.3. The summed E-state index contributed by atoms with van der Waals surface area (Å²) < 4.78 is 31.7. The van der Waals surface area contributed by atoms with Gasteiger partial charge in [0.2, 0.25) is 10.0 Å². The standard InChI is InChI=1S/C12H20N2O3S.ClH/c1-10(2)17-11-4-6-12(7-5-11)18(15,16)14-9-8-13-3;/h4-7,10,13-14H,8-9H2,1-3H3;1H. The maximum atomic E-state index is 11.9. The van der Waals surface area contributed by atoms with E-state index in [1.165, 1.54) is 0 Å². The number of hydrogen-bond donors (Lipinski definition) is 2. The van der Waals surface area contributed by atoms with Gasteiger partial charge < -0.3 is 10.1 Å². The van der Waals surface area contributed by atoms with Gasteiger partial charge >= 0.3 is 0 Å². The fourth-order valence-electron chi connectivity index (χ4n) is 1.36. The molecule has 1 aromatic rings. The van der Waals surface area contributed by atoms with E-state index in [1.54, 1.807) is 31.3 Å². The summed E-state index contributed by atoms with van der Waals surface area (Å²) >= 11 is 0. The first kappa shape index (κ1) is 18.2. The van der Waals surface area contributed by atoms with Gasteiger partial charge in [-0.1, -0.05) is 0 Å². The minimum atomic E-state index is -3.42. The molecule has 0 aromatic heterocycles. The van der Waals surface area contributed by atoms with Crippen LogP contribution in [0.2, 0.25) is 0 Å².